The number of carbonyl (C=O) groups excluding carboxylic acids is 1. The van der Waals surface area contributed by atoms with E-state index in [4.69, 9.17) is 23.2 Å². The molecule has 0 aliphatic heterocycles. The van der Waals surface area contributed by atoms with Crippen LogP contribution in [0.25, 0.3) is 0 Å². The minimum atomic E-state index is -0.0497. The van der Waals surface area contributed by atoms with Crippen molar-refractivity contribution in [3.05, 3.63) is 58.3 Å². The lowest BCUT2D eigenvalue weighted by Gasteiger charge is -2.06. The van der Waals surface area contributed by atoms with Gasteiger partial charge in [-0.1, -0.05) is 29.3 Å². The molecule has 0 atom stereocenters. The first kappa shape index (κ1) is 15.2. The van der Waals surface area contributed by atoms with Gasteiger partial charge in [0.15, 0.2) is 0 Å². The molecule has 1 amide bonds. The highest BCUT2D eigenvalue weighted by Crippen LogP contribution is 2.24. The summed E-state index contributed by atoms with van der Waals surface area (Å²) in [6, 6.07) is 8.87. The first-order valence-corrected chi connectivity index (χ1v) is 7.78. The van der Waals surface area contributed by atoms with Crippen molar-refractivity contribution in [2.75, 3.05) is 11.1 Å². The van der Waals surface area contributed by atoms with Gasteiger partial charge in [-0.05, 0) is 29.8 Å². The average molecular weight is 327 g/mol. The van der Waals surface area contributed by atoms with Crippen molar-refractivity contribution in [2.24, 2.45) is 0 Å². The van der Waals surface area contributed by atoms with Crippen LogP contribution in [-0.4, -0.2) is 16.6 Å². The minimum absolute atomic E-state index is 0.0497. The van der Waals surface area contributed by atoms with E-state index in [2.05, 4.69) is 10.3 Å². The summed E-state index contributed by atoms with van der Waals surface area (Å²) in [5.41, 5.74) is 1.72. The molecule has 1 aromatic carbocycles. The van der Waals surface area contributed by atoms with Crippen molar-refractivity contribution >= 4 is 46.6 Å². The molecule has 1 aromatic heterocycles. The second-order valence-electron chi connectivity index (χ2n) is 4.01. The van der Waals surface area contributed by atoms with Gasteiger partial charge in [-0.15, -0.1) is 11.8 Å². The van der Waals surface area contributed by atoms with Gasteiger partial charge in [0.2, 0.25) is 5.91 Å². The molecule has 2 aromatic rings. The van der Waals surface area contributed by atoms with Crippen LogP contribution in [-0.2, 0) is 10.5 Å². The molecule has 104 valence electrons. The van der Waals surface area contributed by atoms with Crippen LogP contribution in [0.15, 0.2) is 42.7 Å². The third-order valence-corrected chi connectivity index (χ3v) is 4.04. The molecule has 6 heteroatoms. The van der Waals surface area contributed by atoms with Crippen molar-refractivity contribution in [3.8, 4) is 0 Å². The molecular weight excluding hydrogens is 315 g/mol. The van der Waals surface area contributed by atoms with Gasteiger partial charge in [-0.2, -0.15) is 0 Å². The van der Waals surface area contributed by atoms with E-state index in [9.17, 15) is 4.79 Å². The Bertz CT molecular complexity index is 593. The molecule has 1 N–H and O–H groups in total. The van der Waals surface area contributed by atoms with Crippen LogP contribution in [0, 0.1) is 0 Å². The second kappa shape index (κ2) is 7.53. The number of thioether (sulfide) groups is 1. The Morgan fingerprint density at radius 2 is 1.95 bits per heavy atom. The summed E-state index contributed by atoms with van der Waals surface area (Å²) in [6.07, 6.45) is 3.27. The Labute approximate surface area is 131 Å². The number of amides is 1. The summed E-state index contributed by atoms with van der Waals surface area (Å²) >= 11 is 13.4. The number of hydrogen-bond acceptors (Lipinski definition) is 3. The summed E-state index contributed by atoms with van der Waals surface area (Å²) in [5.74, 6) is 0.979. The lowest BCUT2D eigenvalue weighted by Crippen LogP contribution is -2.14. The Morgan fingerprint density at radius 3 is 2.65 bits per heavy atom. The number of rotatable bonds is 5. The Morgan fingerprint density at radius 1 is 1.20 bits per heavy atom. The Kier molecular flexibility index (Phi) is 5.71. The molecule has 3 nitrogen and oxygen atoms in total. The number of carbonyl (C=O) groups is 1. The predicted molar refractivity (Wildman–Crippen MR) is 85.5 cm³/mol. The topological polar surface area (TPSA) is 42.0 Å². The first-order valence-electron chi connectivity index (χ1n) is 5.86. The van der Waals surface area contributed by atoms with Crippen LogP contribution < -0.4 is 5.32 Å². The predicted octanol–water partition coefficient (Wildman–Crippen LogP) is 4.26. The lowest BCUT2D eigenvalue weighted by atomic mass is 10.2. The van der Waals surface area contributed by atoms with E-state index in [1.165, 1.54) is 11.8 Å². The smallest absolute Gasteiger partial charge is 0.234 e. The standard InChI is InChI=1S/C14H12Cl2N2OS/c15-11-2-1-10(13(16)7-11)8-20-9-14(19)18-12-3-5-17-6-4-12/h1-7H,8-9H2,(H,17,18,19). The van der Waals surface area contributed by atoms with Crippen molar-refractivity contribution in [1.29, 1.82) is 0 Å². The summed E-state index contributed by atoms with van der Waals surface area (Å²) in [4.78, 5) is 15.6. The highest BCUT2D eigenvalue weighted by molar-refractivity contribution is 7.99. The Hall–Kier alpha value is -1.23. The van der Waals surface area contributed by atoms with Gasteiger partial charge < -0.3 is 5.32 Å². The van der Waals surface area contributed by atoms with Gasteiger partial charge in [0.1, 0.15) is 0 Å². The SMILES string of the molecule is O=C(CSCc1ccc(Cl)cc1Cl)Nc1ccncc1. The maximum atomic E-state index is 11.7. The number of anilines is 1. The zero-order chi connectivity index (χ0) is 14.4. The maximum Gasteiger partial charge on any atom is 0.234 e. The van der Waals surface area contributed by atoms with Gasteiger partial charge in [-0.3, -0.25) is 9.78 Å². The number of halogens is 2. The molecular formula is C14H12Cl2N2OS. The van der Waals surface area contributed by atoms with Gasteiger partial charge in [0.05, 0.1) is 5.75 Å². The minimum Gasteiger partial charge on any atom is -0.325 e. The third-order valence-electron chi connectivity index (χ3n) is 2.47. The summed E-state index contributed by atoms with van der Waals surface area (Å²) in [7, 11) is 0. The number of nitrogens with zero attached hydrogens (tertiary/aromatic N) is 1. The fraction of sp³-hybridized carbons (Fsp3) is 0.143. The fourth-order valence-corrected chi connectivity index (χ4v) is 2.91. The van der Waals surface area contributed by atoms with Crippen molar-refractivity contribution in [1.82, 2.24) is 4.98 Å². The third kappa shape index (κ3) is 4.71. The van der Waals surface area contributed by atoms with Gasteiger partial charge >= 0.3 is 0 Å². The summed E-state index contributed by atoms with van der Waals surface area (Å²) in [6.45, 7) is 0. The number of aromatic nitrogens is 1. The Balaban J connectivity index is 1.79. The van der Waals surface area contributed by atoms with E-state index in [0.29, 0.717) is 21.6 Å². The fourth-order valence-electron chi connectivity index (χ4n) is 1.52. The molecule has 1 heterocycles. The molecule has 0 spiro atoms. The van der Waals surface area contributed by atoms with E-state index in [1.54, 1.807) is 36.7 Å². The number of nitrogens with one attached hydrogen (secondary N) is 1. The molecule has 0 fully saturated rings. The summed E-state index contributed by atoms with van der Waals surface area (Å²) in [5, 5.41) is 4.03. The largest absolute Gasteiger partial charge is 0.325 e. The van der Waals surface area contributed by atoms with Crippen molar-refractivity contribution in [3.63, 3.8) is 0 Å². The first-order chi connectivity index (χ1) is 9.65. The average Bonchev–Trinajstić information content (AvgIpc) is 2.42. The van der Waals surface area contributed by atoms with E-state index >= 15 is 0 Å². The molecule has 0 saturated heterocycles. The molecule has 0 saturated carbocycles. The van der Waals surface area contributed by atoms with Crippen LogP contribution in [0.1, 0.15) is 5.56 Å². The van der Waals surface area contributed by atoms with Crippen LogP contribution in [0.4, 0.5) is 5.69 Å². The number of benzene rings is 1. The molecule has 20 heavy (non-hydrogen) atoms. The zero-order valence-corrected chi connectivity index (χ0v) is 12.8. The van der Waals surface area contributed by atoms with Crippen molar-refractivity contribution < 1.29 is 4.79 Å². The van der Waals surface area contributed by atoms with Crippen LogP contribution >= 0.6 is 35.0 Å². The van der Waals surface area contributed by atoms with Crippen LogP contribution in [0.2, 0.25) is 10.0 Å². The maximum absolute atomic E-state index is 11.7. The molecule has 0 aliphatic carbocycles. The van der Waals surface area contributed by atoms with Crippen LogP contribution in [0.3, 0.4) is 0 Å². The van der Waals surface area contributed by atoms with Gasteiger partial charge in [-0.25, -0.2) is 0 Å². The second-order valence-corrected chi connectivity index (χ2v) is 5.84. The normalized spacial score (nSPS) is 10.3. The molecule has 0 unspecified atom stereocenters. The number of pyridine rings is 1. The van der Waals surface area contributed by atoms with Gasteiger partial charge in [0, 0.05) is 33.9 Å². The highest BCUT2D eigenvalue weighted by atomic mass is 35.5. The van der Waals surface area contributed by atoms with Crippen LogP contribution in [0.5, 0.6) is 0 Å². The highest BCUT2D eigenvalue weighted by Gasteiger charge is 2.05. The summed E-state index contributed by atoms with van der Waals surface area (Å²) < 4.78 is 0. The zero-order valence-electron chi connectivity index (χ0n) is 10.5. The van der Waals surface area contributed by atoms with E-state index in [0.717, 1.165) is 11.3 Å². The molecule has 0 aliphatic rings. The quantitative estimate of drug-likeness (QED) is 0.892. The van der Waals surface area contributed by atoms with Crippen molar-refractivity contribution in [2.45, 2.75) is 5.75 Å². The molecule has 0 bridgehead atoms. The van der Waals surface area contributed by atoms with E-state index < -0.39 is 0 Å². The van der Waals surface area contributed by atoms with E-state index in [1.807, 2.05) is 6.07 Å². The lowest BCUT2D eigenvalue weighted by molar-refractivity contribution is -0.113. The van der Waals surface area contributed by atoms with Gasteiger partial charge in [0.25, 0.3) is 0 Å². The number of hydrogen-bond donors (Lipinski definition) is 1. The van der Waals surface area contributed by atoms with E-state index in [-0.39, 0.29) is 5.91 Å². The monoisotopic (exact) mass is 326 g/mol. The molecule has 2 rings (SSSR count). The molecule has 0 radical (unpaired) electrons.